The molecule has 156 valence electrons. The Morgan fingerprint density at radius 2 is 1.59 bits per heavy atom. The number of para-hydroxylation sites is 1. The lowest BCUT2D eigenvalue weighted by molar-refractivity contribution is -0.129. The molecule has 0 atom stereocenters. The van der Waals surface area contributed by atoms with Gasteiger partial charge in [-0.25, -0.2) is 8.42 Å². The average molecular weight is 417 g/mol. The van der Waals surface area contributed by atoms with Crippen LogP contribution < -0.4 is 9.04 Å². The second-order valence-electron chi connectivity index (χ2n) is 7.05. The molecule has 1 aliphatic rings. The molecule has 2 aromatic carbocycles. The second kappa shape index (κ2) is 9.78. The lowest BCUT2D eigenvalue weighted by atomic mass is 10.2. The molecule has 0 aromatic heterocycles. The Morgan fingerprint density at radius 1 is 0.966 bits per heavy atom. The monoisotopic (exact) mass is 416 g/mol. The van der Waals surface area contributed by atoms with Crippen molar-refractivity contribution in [1.82, 2.24) is 4.90 Å². The first-order valence-electron chi connectivity index (χ1n) is 10.1. The van der Waals surface area contributed by atoms with E-state index in [2.05, 4.69) is 0 Å². The molecule has 1 aliphatic heterocycles. The minimum atomic E-state index is -3.90. The number of rotatable bonds is 7. The molecule has 1 heterocycles. The van der Waals surface area contributed by atoms with Crippen molar-refractivity contribution in [3.05, 3.63) is 54.6 Å². The molecule has 0 bridgehead atoms. The summed E-state index contributed by atoms with van der Waals surface area (Å²) in [6.45, 7) is 3.54. The van der Waals surface area contributed by atoms with Crippen molar-refractivity contribution in [1.29, 1.82) is 0 Å². The number of hydrogen-bond acceptors (Lipinski definition) is 4. The van der Waals surface area contributed by atoms with Crippen molar-refractivity contribution in [3.63, 3.8) is 0 Å². The van der Waals surface area contributed by atoms with Crippen molar-refractivity contribution in [2.24, 2.45) is 0 Å². The quantitative estimate of drug-likeness (QED) is 0.691. The van der Waals surface area contributed by atoms with Gasteiger partial charge in [0.1, 0.15) is 12.3 Å². The summed E-state index contributed by atoms with van der Waals surface area (Å²) >= 11 is 0. The average Bonchev–Trinajstić information content (AvgIpc) is 3.03. The topological polar surface area (TPSA) is 66.9 Å². The fourth-order valence-electron chi connectivity index (χ4n) is 3.45. The molecule has 0 aliphatic carbocycles. The van der Waals surface area contributed by atoms with Crippen molar-refractivity contribution in [2.45, 2.75) is 37.5 Å². The van der Waals surface area contributed by atoms with Gasteiger partial charge in [0.05, 0.1) is 17.2 Å². The standard InChI is InChI=1S/C22H28N2O4S/c1-2-28-20-12-14-21(15-13-20)29(26,27)24(19-10-6-5-7-11-19)18-22(25)23-16-8-3-4-9-17-23/h5-7,10-15H,2-4,8-9,16-18H2,1H3. The molecule has 1 amide bonds. The molecule has 1 saturated heterocycles. The zero-order chi connectivity index (χ0) is 20.7. The Labute approximate surface area is 173 Å². The summed E-state index contributed by atoms with van der Waals surface area (Å²) in [5, 5.41) is 0. The van der Waals surface area contributed by atoms with Crippen LogP contribution in [0.1, 0.15) is 32.6 Å². The highest BCUT2D eigenvalue weighted by Gasteiger charge is 2.29. The first kappa shape index (κ1) is 21.2. The molecular formula is C22H28N2O4S. The van der Waals surface area contributed by atoms with E-state index in [0.717, 1.165) is 25.7 Å². The molecule has 2 aromatic rings. The van der Waals surface area contributed by atoms with Crippen LogP contribution in [0.25, 0.3) is 0 Å². The summed E-state index contributed by atoms with van der Waals surface area (Å²) in [6, 6.07) is 15.1. The van der Waals surface area contributed by atoms with E-state index in [1.807, 2.05) is 13.0 Å². The highest BCUT2D eigenvalue weighted by Crippen LogP contribution is 2.25. The second-order valence-corrected chi connectivity index (χ2v) is 8.91. The van der Waals surface area contributed by atoms with Gasteiger partial charge in [-0.1, -0.05) is 31.0 Å². The molecule has 3 rings (SSSR count). The lowest BCUT2D eigenvalue weighted by Gasteiger charge is -2.28. The van der Waals surface area contributed by atoms with Crippen molar-refractivity contribution < 1.29 is 17.9 Å². The van der Waals surface area contributed by atoms with Gasteiger partial charge in [0, 0.05) is 13.1 Å². The van der Waals surface area contributed by atoms with Gasteiger partial charge in [0.15, 0.2) is 0 Å². The Bertz CT molecular complexity index is 890. The van der Waals surface area contributed by atoms with Crippen molar-refractivity contribution in [3.8, 4) is 5.75 Å². The van der Waals surface area contributed by atoms with Crippen LogP contribution in [-0.4, -0.2) is 45.5 Å². The first-order valence-corrected chi connectivity index (χ1v) is 11.5. The van der Waals surface area contributed by atoms with Gasteiger partial charge < -0.3 is 9.64 Å². The Hall–Kier alpha value is -2.54. The van der Waals surface area contributed by atoms with E-state index in [1.54, 1.807) is 41.3 Å². The van der Waals surface area contributed by atoms with Crippen LogP contribution in [0.3, 0.4) is 0 Å². The van der Waals surface area contributed by atoms with E-state index < -0.39 is 10.0 Å². The molecule has 7 heteroatoms. The van der Waals surface area contributed by atoms with Crippen LogP contribution >= 0.6 is 0 Å². The van der Waals surface area contributed by atoms with E-state index in [4.69, 9.17) is 4.74 Å². The van der Waals surface area contributed by atoms with Gasteiger partial charge in [-0.15, -0.1) is 0 Å². The molecule has 6 nitrogen and oxygen atoms in total. The number of nitrogens with zero attached hydrogens (tertiary/aromatic N) is 2. The maximum Gasteiger partial charge on any atom is 0.264 e. The van der Waals surface area contributed by atoms with E-state index in [-0.39, 0.29) is 17.3 Å². The number of ether oxygens (including phenoxy) is 1. The molecule has 0 saturated carbocycles. The summed E-state index contributed by atoms with van der Waals surface area (Å²) < 4.78 is 33.4. The number of hydrogen-bond donors (Lipinski definition) is 0. The number of carbonyl (C=O) groups excluding carboxylic acids is 1. The largest absolute Gasteiger partial charge is 0.494 e. The van der Waals surface area contributed by atoms with Gasteiger partial charge in [0.25, 0.3) is 10.0 Å². The molecule has 1 fully saturated rings. The molecule has 29 heavy (non-hydrogen) atoms. The number of benzene rings is 2. The number of carbonyl (C=O) groups is 1. The predicted molar refractivity (Wildman–Crippen MR) is 114 cm³/mol. The Balaban J connectivity index is 1.89. The molecular weight excluding hydrogens is 388 g/mol. The molecule has 0 radical (unpaired) electrons. The molecule has 0 unspecified atom stereocenters. The van der Waals surface area contributed by atoms with Gasteiger partial charge in [-0.2, -0.15) is 0 Å². The van der Waals surface area contributed by atoms with Gasteiger partial charge >= 0.3 is 0 Å². The maximum atomic E-state index is 13.4. The Kier molecular flexibility index (Phi) is 7.14. The number of amides is 1. The van der Waals surface area contributed by atoms with E-state index in [9.17, 15) is 13.2 Å². The van der Waals surface area contributed by atoms with Gasteiger partial charge in [-0.3, -0.25) is 9.10 Å². The smallest absolute Gasteiger partial charge is 0.264 e. The van der Waals surface area contributed by atoms with Crippen LogP contribution in [0.4, 0.5) is 5.69 Å². The van der Waals surface area contributed by atoms with Crippen LogP contribution in [-0.2, 0) is 14.8 Å². The zero-order valence-corrected chi connectivity index (χ0v) is 17.6. The maximum absolute atomic E-state index is 13.4. The third-order valence-corrected chi connectivity index (χ3v) is 6.79. The molecule has 0 spiro atoms. The first-order chi connectivity index (χ1) is 14.0. The summed E-state index contributed by atoms with van der Waals surface area (Å²) in [5.74, 6) is 0.448. The number of anilines is 1. The van der Waals surface area contributed by atoms with Crippen LogP contribution in [0.5, 0.6) is 5.75 Å². The number of likely N-dealkylation sites (tertiary alicyclic amines) is 1. The normalized spacial score (nSPS) is 14.9. The number of sulfonamides is 1. The molecule has 0 N–H and O–H groups in total. The SMILES string of the molecule is CCOc1ccc(S(=O)(=O)N(CC(=O)N2CCCCCC2)c2ccccc2)cc1. The van der Waals surface area contributed by atoms with Crippen molar-refractivity contribution >= 4 is 21.6 Å². The summed E-state index contributed by atoms with van der Waals surface area (Å²) in [7, 11) is -3.90. The van der Waals surface area contributed by atoms with Gasteiger partial charge in [0.2, 0.25) is 5.91 Å². The minimum absolute atomic E-state index is 0.133. The van der Waals surface area contributed by atoms with Crippen LogP contribution in [0.2, 0.25) is 0 Å². The van der Waals surface area contributed by atoms with Crippen LogP contribution in [0, 0.1) is 0 Å². The minimum Gasteiger partial charge on any atom is -0.494 e. The fraction of sp³-hybridized carbons (Fsp3) is 0.409. The fourth-order valence-corrected chi connectivity index (χ4v) is 4.87. The Morgan fingerprint density at radius 3 is 2.17 bits per heavy atom. The van der Waals surface area contributed by atoms with Gasteiger partial charge in [-0.05, 0) is 56.2 Å². The van der Waals surface area contributed by atoms with E-state index >= 15 is 0 Å². The zero-order valence-electron chi connectivity index (χ0n) is 16.8. The predicted octanol–water partition coefficient (Wildman–Crippen LogP) is 3.68. The third-order valence-electron chi connectivity index (χ3n) is 5.00. The van der Waals surface area contributed by atoms with Crippen molar-refractivity contribution in [2.75, 3.05) is 30.5 Å². The summed E-state index contributed by atoms with van der Waals surface area (Å²) in [4.78, 5) is 14.9. The highest BCUT2D eigenvalue weighted by atomic mass is 32.2. The third kappa shape index (κ3) is 5.29. The van der Waals surface area contributed by atoms with E-state index in [1.165, 1.54) is 16.4 Å². The highest BCUT2D eigenvalue weighted by molar-refractivity contribution is 7.92. The van der Waals surface area contributed by atoms with E-state index in [0.29, 0.717) is 31.1 Å². The van der Waals surface area contributed by atoms with Crippen LogP contribution in [0.15, 0.2) is 59.5 Å². The summed E-state index contributed by atoms with van der Waals surface area (Å²) in [5.41, 5.74) is 0.476. The lowest BCUT2D eigenvalue weighted by Crippen LogP contribution is -2.43. The summed E-state index contributed by atoms with van der Waals surface area (Å²) in [6.07, 6.45) is 4.14.